The third-order valence-electron chi connectivity index (χ3n) is 6.03. The molecule has 0 fully saturated rings. The molecule has 0 saturated heterocycles. The van der Waals surface area contributed by atoms with Gasteiger partial charge in [0.25, 0.3) is 11.5 Å². The Morgan fingerprint density at radius 2 is 1.86 bits per heavy atom. The molecule has 188 valence electrons. The van der Waals surface area contributed by atoms with Crippen LogP contribution in [0.2, 0.25) is 10.0 Å². The van der Waals surface area contributed by atoms with Gasteiger partial charge in [-0.2, -0.15) is 13.2 Å². The summed E-state index contributed by atoms with van der Waals surface area (Å²) in [5.41, 5.74) is -1.55. The van der Waals surface area contributed by atoms with E-state index < -0.39 is 39.6 Å². The van der Waals surface area contributed by atoms with E-state index in [1.54, 1.807) is 17.2 Å². The minimum atomic E-state index is -4.89. The zero-order chi connectivity index (χ0) is 25.5. The Bertz CT molecular complexity index is 1170. The summed E-state index contributed by atoms with van der Waals surface area (Å²) in [5, 5.41) is 5.45. The largest absolute Gasteiger partial charge is 0.435 e. The summed E-state index contributed by atoms with van der Waals surface area (Å²) in [6, 6.07) is 3.33. The maximum atomic E-state index is 14.2. The first-order chi connectivity index (χ1) is 16.4. The average Bonchev–Trinajstić information content (AvgIpc) is 3.41. The third-order valence-corrected chi connectivity index (χ3v) is 6.58. The van der Waals surface area contributed by atoms with Crippen LogP contribution in [0, 0.1) is 11.7 Å². The number of pyridine rings is 1. The summed E-state index contributed by atoms with van der Waals surface area (Å²) in [6.07, 6.45) is -3.17. The number of amides is 1. The van der Waals surface area contributed by atoms with Gasteiger partial charge in [0.2, 0.25) is 0 Å². The Hall–Kier alpha value is -2.59. The number of rotatable bonds is 5. The van der Waals surface area contributed by atoms with Gasteiger partial charge < -0.3 is 15.1 Å². The van der Waals surface area contributed by atoms with E-state index in [9.17, 15) is 22.4 Å². The van der Waals surface area contributed by atoms with Gasteiger partial charge >= 0.3 is 6.18 Å². The monoisotopic (exact) mass is 532 g/mol. The van der Waals surface area contributed by atoms with E-state index in [1.807, 2.05) is 0 Å². The van der Waals surface area contributed by atoms with E-state index in [4.69, 9.17) is 28.0 Å². The second-order valence-electron chi connectivity index (χ2n) is 8.99. The number of aromatic nitrogens is 1. The number of alkyl halides is 3. The molecule has 1 atom stereocenters. The van der Waals surface area contributed by atoms with Crippen molar-refractivity contribution < 1.29 is 27.2 Å². The first-order valence-electron chi connectivity index (χ1n) is 10.9. The van der Waals surface area contributed by atoms with Gasteiger partial charge in [-0.1, -0.05) is 42.2 Å². The second-order valence-corrected chi connectivity index (χ2v) is 9.80. The number of amidine groups is 1. The van der Waals surface area contributed by atoms with Crippen LogP contribution in [0.5, 0.6) is 0 Å². The number of carbonyl (C=O) groups is 1. The van der Waals surface area contributed by atoms with Crippen molar-refractivity contribution in [2.45, 2.75) is 51.6 Å². The number of nitrogens with zero attached hydrogens (tertiary/aromatic N) is 3. The number of halogens is 6. The fourth-order valence-electron chi connectivity index (χ4n) is 4.00. The van der Waals surface area contributed by atoms with Crippen LogP contribution in [-0.4, -0.2) is 34.3 Å². The summed E-state index contributed by atoms with van der Waals surface area (Å²) >= 11 is 11.5. The molecule has 4 rings (SSSR count). The van der Waals surface area contributed by atoms with Crippen LogP contribution in [0.4, 0.5) is 17.6 Å². The zero-order valence-corrected chi connectivity index (χ0v) is 20.4. The third kappa shape index (κ3) is 4.91. The second kappa shape index (κ2) is 9.46. The summed E-state index contributed by atoms with van der Waals surface area (Å²) < 4.78 is 56.5. The van der Waals surface area contributed by atoms with Crippen LogP contribution in [0.15, 0.2) is 29.6 Å². The van der Waals surface area contributed by atoms with Gasteiger partial charge in [0.05, 0.1) is 16.5 Å². The van der Waals surface area contributed by atoms with Crippen molar-refractivity contribution in [3.05, 3.63) is 62.6 Å². The quantitative estimate of drug-likeness (QED) is 0.389. The van der Waals surface area contributed by atoms with Crippen LogP contribution < -0.4 is 5.32 Å². The van der Waals surface area contributed by atoms with Gasteiger partial charge in [-0.05, 0) is 41.7 Å². The van der Waals surface area contributed by atoms with E-state index in [2.05, 4.69) is 29.3 Å². The molecule has 1 amide bonds. The van der Waals surface area contributed by atoms with Crippen molar-refractivity contribution in [3.8, 4) is 0 Å². The van der Waals surface area contributed by atoms with Crippen molar-refractivity contribution in [1.29, 1.82) is 0 Å². The normalized spacial score (nSPS) is 19.6. The topological polar surface area (TPSA) is 66.8 Å². The molecule has 12 heteroatoms. The molecule has 35 heavy (non-hydrogen) atoms. The van der Waals surface area contributed by atoms with Crippen LogP contribution in [0.25, 0.3) is 0 Å². The lowest BCUT2D eigenvalue weighted by molar-refractivity contribution is -0.275. The standard InChI is InChI=1S/C23H22Cl2F4N4O2/c1-12(2)3-4-30-21(34)18-5-13-10-33(11-14(13)9-31-18)19-8-22(35-32-19,23(27,28)29)15-6-16(24)20(26)17(25)7-15/h5-7,9,12H,3-4,8,10-11H2,1-2H3,(H,30,34). The number of benzene rings is 1. The molecular formula is C23H22Cl2F4N4O2. The highest BCUT2D eigenvalue weighted by atomic mass is 35.5. The number of hydrogen-bond donors (Lipinski definition) is 1. The van der Waals surface area contributed by atoms with Crippen molar-refractivity contribution in [2.24, 2.45) is 11.1 Å². The maximum absolute atomic E-state index is 14.2. The molecule has 2 aromatic rings. The first-order valence-corrected chi connectivity index (χ1v) is 11.6. The van der Waals surface area contributed by atoms with Gasteiger partial charge in [-0.3, -0.25) is 9.78 Å². The molecule has 2 aliphatic heterocycles. The number of hydrogen-bond acceptors (Lipinski definition) is 5. The lowest BCUT2D eigenvalue weighted by atomic mass is 9.89. The van der Waals surface area contributed by atoms with Gasteiger partial charge in [0, 0.05) is 31.4 Å². The van der Waals surface area contributed by atoms with Crippen LogP contribution in [0.1, 0.15) is 53.9 Å². The average molecular weight is 533 g/mol. The molecule has 2 aliphatic rings. The fourth-order valence-corrected chi connectivity index (χ4v) is 4.49. The maximum Gasteiger partial charge on any atom is 0.435 e. The molecule has 0 saturated carbocycles. The number of carbonyl (C=O) groups excluding carboxylic acids is 1. The Labute approximate surface area is 209 Å². The Morgan fingerprint density at radius 1 is 1.20 bits per heavy atom. The van der Waals surface area contributed by atoms with Crippen molar-refractivity contribution in [3.63, 3.8) is 0 Å². The number of fused-ring (bicyclic) bond motifs is 1. The van der Waals surface area contributed by atoms with E-state index in [-0.39, 0.29) is 30.5 Å². The molecule has 1 aromatic heterocycles. The Morgan fingerprint density at radius 3 is 2.49 bits per heavy atom. The van der Waals surface area contributed by atoms with Gasteiger partial charge in [-0.25, -0.2) is 4.39 Å². The minimum Gasteiger partial charge on any atom is -0.372 e. The van der Waals surface area contributed by atoms with E-state index in [0.29, 0.717) is 12.5 Å². The highest BCUT2D eigenvalue weighted by Crippen LogP contribution is 2.50. The first kappa shape index (κ1) is 25.5. The Balaban J connectivity index is 1.52. The van der Waals surface area contributed by atoms with Crippen LogP contribution in [-0.2, 0) is 23.5 Å². The molecule has 3 heterocycles. The molecule has 1 N–H and O–H groups in total. The predicted molar refractivity (Wildman–Crippen MR) is 123 cm³/mol. The summed E-state index contributed by atoms with van der Waals surface area (Å²) in [7, 11) is 0. The van der Waals surface area contributed by atoms with E-state index in [1.165, 1.54) is 0 Å². The highest BCUT2D eigenvalue weighted by Gasteiger charge is 2.63. The van der Waals surface area contributed by atoms with E-state index >= 15 is 0 Å². The summed E-state index contributed by atoms with van der Waals surface area (Å²) in [4.78, 5) is 23.2. The summed E-state index contributed by atoms with van der Waals surface area (Å²) in [6.45, 7) is 5.10. The SMILES string of the molecule is CC(C)CCNC(=O)c1cc2c(cn1)CN(C1=NOC(c3cc(Cl)c(F)c(Cl)c3)(C(F)(F)F)C1)C2. The summed E-state index contributed by atoms with van der Waals surface area (Å²) in [5.74, 6) is -0.829. The van der Waals surface area contributed by atoms with Crippen molar-refractivity contribution in [2.75, 3.05) is 6.54 Å². The smallest absolute Gasteiger partial charge is 0.372 e. The zero-order valence-electron chi connectivity index (χ0n) is 18.8. The van der Waals surface area contributed by atoms with Gasteiger partial charge in [0.1, 0.15) is 11.5 Å². The van der Waals surface area contributed by atoms with Gasteiger partial charge in [-0.15, -0.1) is 0 Å². The van der Waals surface area contributed by atoms with Gasteiger partial charge in [0.15, 0.2) is 5.82 Å². The minimum absolute atomic E-state index is 0.0537. The molecule has 0 spiro atoms. The van der Waals surface area contributed by atoms with E-state index in [0.717, 1.165) is 29.7 Å². The van der Waals surface area contributed by atoms with Crippen molar-refractivity contribution in [1.82, 2.24) is 15.2 Å². The molecule has 0 bridgehead atoms. The van der Waals surface area contributed by atoms with Crippen LogP contribution >= 0.6 is 23.2 Å². The lowest BCUT2D eigenvalue weighted by Crippen LogP contribution is -2.44. The van der Waals surface area contributed by atoms with Crippen LogP contribution in [0.3, 0.4) is 0 Å². The molecule has 1 aromatic carbocycles. The highest BCUT2D eigenvalue weighted by molar-refractivity contribution is 6.35. The fraction of sp³-hybridized carbons (Fsp3) is 0.435. The lowest BCUT2D eigenvalue weighted by Gasteiger charge is -2.30. The molecular weight excluding hydrogens is 511 g/mol. The molecule has 0 aliphatic carbocycles. The predicted octanol–water partition coefficient (Wildman–Crippen LogP) is 5.81. The molecule has 0 radical (unpaired) electrons. The van der Waals surface area contributed by atoms with Crippen molar-refractivity contribution >= 4 is 34.9 Å². The Kier molecular flexibility index (Phi) is 6.89. The number of oxime groups is 1. The molecule has 6 nitrogen and oxygen atoms in total. The molecule has 1 unspecified atom stereocenters. The number of nitrogens with one attached hydrogen (secondary N) is 1.